The normalized spacial score (nSPS) is 11.2. The summed E-state index contributed by atoms with van der Waals surface area (Å²) in [6.45, 7) is 17.7. The van der Waals surface area contributed by atoms with Crippen LogP contribution in [0.15, 0.2) is 72.8 Å². The molecular weight excluding hydrogens is 456 g/mol. The molecule has 0 bridgehead atoms. The highest BCUT2D eigenvalue weighted by atomic mass is 14.3. The number of benzene rings is 5. The first-order valence-corrected chi connectivity index (χ1v) is 13.5. The van der Waals surface area contributed by atoms with Crippen molar-refractivity contribution in [1.82, 2.24) is 0 Å². The van der Waals surface area contributed by atoms with Crippen LogP contribution >= 0.6 is 0 Å². The lowest BCUT2D eigenvalue weighted by Crippen LogP contribution is -2.01. The van der Waals surface area contributed by atoms with Crippen LogP contribution in [0, 0.1) is 67.5 Å². The summed E-state index contributed by atoms with van der Waals surface area (Å²) in [5, 5.41) is 0. The third-order valence-electron chi connectivity index (χ3n) is 7.92. The van der Waals surface area contributed by atoms with Crippen LogP contribution in [0.5, 0.6) is 0 Å². The number of aryl methyl sites for hydroxylation is 8. The predicted molar refractivity (Wildman–Crippen MR) is 164 cm³/mol. The maximum atomic E-state index is 3.96. The molecule has 5 rings (SSSR count). The standard InChI is InChI=1S/C38H36/c1-23-13-9-14-24(2)34(23)31-21-32(35-25(3)15-10-16-26(35)4)38(37-29(7)19-12-20-30(37)8)33(22-31)36-27(5)17-11-18-28(36)6/h9-20H,1-8H3. The number of hydrogen-bond donors (Lipinski definition) is 0. The second kappa shape index (κ2) is 10.1. The summed E-state index contributed by atoms with van der Waals surface area (Å²) >= 11 is 0. The molecule has 0 saturated carbocycles. The third-order valence-corrected chi connectivity index (χ3v) is 7.92. The molecule has 0 aromatic heterocycles. The first-order valence-electron chi connectivity index (χ1n) is 13.5. The van der Waals surface area contributed by atoms with Gasteiger partial charge >= 0.3 is 0 Å². The smallest absolute Gasteiger partial charge is 0.0000516 e. The van der Waals surface area contributed by atoms with Crippen LogP contribution in [0.4, 0.5) is 0 Å². The Balaban J connectivity index is 2.06. The van der Waals surface area contributed by atoms with E-state index >= 15 is 0 Å². The quantitative estimate of drug-likeness (QED) is 0.234. The molecule has 38 heavy (non-hydrogen) atoms. The molecule has 0 N–H and O–H groups in total. The molecule has 0 unspecified atom stereocenters. The highest BCUT2D eigenvalue weighted by Gasteiger charge is 2.24. The molecule has 0 aliphatic carbocycles. The topological polar surface area (TPSA) is 0 Å². The Hall–Kier alpha value is -3.90. The van der Waals surface area contributed by atoms with E-state index in [1.165, 1.54) is 72.3 Å². The Morgan fingerprint density at radius 2 is 0.579 bits per heavy atom. The third kappa shape index (κ3) is 4.39. The van der Waals surface area contributed by atoms with Gasteiger partial charge in [-0.25, -0.2) is 0 Å². The molecule has 0 fully saturated rings. The monoisotopic (exact) mass is 492 g/mol. The van der Waals surface area contributed by atoms with Crippen LogP contribution < -0.4 is 0 Å². The summed E-state index contributed by atoms with van der Waals surface area (Å²) in [6.07, 6.45) is 0. The average Bonchev–Trinajstić information content (AvgIpc) is 2.85. The van der Waals surface area contributed by atoms with E-state index in [2.05, 4.69) is 140 Å². The van der Waals surface area contributed by atoms with E-state index in [9.17, 15) is 0 Å². The van der Waals surface area contributed by atoms with E-state index < -0.39 is 0 Å². The van der Waals surface area contributed by atoms with Crippen molar-refractivity contribution in [3.05, 3.63) is 129 Å². The van der Waals surface area contributed by atoms with Gasteiger partial charge < -0.3 is 0 Å². The molecule has 5 aromatic carbocycles. The Kier molecular flexibility index (Phi) is 6.84. The molecule has 188 valence electrons. The van der Waals surface area contributed by atoms with Gasteiger partial charge in [0, 0.05) is 0 Å². The van der Waals surface area contributed by atoms with Crippen molar-refractivity contribution in [2.45, 2.75) is 55.4 Å². The van der Waals surface area contributed by atoms with Crippen molar-refractivity contribution >= 4 is 0 Å². The fourth-order valence-corrected chi connectivity index (χ4v) is 6.12. The second-order valence-corrected chi connectivity index (χ2v) is 10.8. The summed E-state index contributed by atoms with van der Waals surface area (Å²) in [4.78, 5) is 0. The molecule has 5 aromatic rings. The fourth-order valence-electron chi connectivity index (χ4n) is 6.12. The molecule has 0 aliphatic heterocycles. The SMILES string of the molecule is Cc1cccc(C)c1-c1[c]c(-c2c(C)cccc2C)c(-c2c(C)cccc2C)c(-c2c(C)cccc2C)[c]1. The summed E-state index contributed by atoms with van der Waals surface area (Å²) in [5.41, 5.74) is 19.7. The van der Waals surface area contributed by atoms with Crippen molar-refractivity contribution in [2.24, 2.45) is 0 Å². The zero-order valence-electron chi connectivity index (χ0n) is 23.9. The minimum absolute atomic E-state index is 1.03. The lowest BCUT2D eigenvalue weighted by molar-refractivity contribution is 1.33. The zero-order chi connectivity index (χ0) is 27.1. The van der Waals surface area contributed by atoms with Gasteiger partial charge in [0.2, 0.25) is 0 Å². The molecule has 2 radical (unpaired) electrons. The van der Waals surface area contributed by atoms with E-state index in [1.54, 1.807) is 0 Å². The van der Waals surface area contributed by atoms with Gasteiger partial charge in [-0.1, -0.05) is 72.8 Å². The lowest BCUT2D eigenvalue weighted by Gasteiger charge is -2.25. The van der Waals surface area contributed by atoms with Crippen LogP contribution in [0.25, 0.3) is 44.5 Å². The Bertz CT molecular complexity index is 1530. The molecule has 0 atom stereocenters. The van der Waals surface area contributed by atoms with Gasteiger partial charge in [-0.05, 0) is 157 Å². The Labute approximate surface area is 229 Å². The molecule has 0 spiro atoms. The molecule has 0 heterocycles. The van der Waals surface area contributed by atoms with Crippen LogP contribution in [0.3, 0.4) is 0 Å². The Morgan fingerprint density at radius 3 is 0.895 bits per heavy atom. The zero-order valence-corrected chi connectivity index (χ0v) is 23.9. The van der Waals surface area contributed by atoms with E-state index in [4.69, 9.17) is 0 Å². The van der Waals surface area contributed by atoms with Gasteiger partial charge in [0.15, 0.2) is 0 Å². The summed E-state index contributed by atoms with van der Waals surface area (Å²) in [5.74, 6) is 0. The van der Waals surface area contributed by atoms with E-state index in [-0.39, 0.29) is 0 Å². The summed E-state index contributed by atoms with van der Waals surface area (Å²) in [6, 6.07) is 34.2. The van der Waals surface area contributed by atoms with Crippen molar-refractivity contribution in [1.29, 1.82) is 0 Å². The molecule has 0 heteroatoms. The number of rotatable bonds is 4. The molecule has 0 amide bonds. The van der Waals surface area contributed by atoms with Gasteiger partial charge in [-0.3, -0.25) is 0 Å². The fraction of sp³-hybridized carbons (Fsp3) is 0.211. The largest absolute Gasteiger partial charge is 0.0617 e. The maximum Gasteiger partial charge on any atom is -0.0000516 e. The van der Waals surface area contributed by atoms with Crippen molar-refractivity contribution < 1.29 is 0 Å². The van der Waals surface area contributed by atoms with Gasteiger partial charge in [0.25, 0.3) is 0 Å². The van der Waals surface area contributed by atoms with Gasteiger partial charge in [0.05, 0.1) is 0 Å². The predicted octanol–water partition coefficient (Wildman–Crippen LogP) is 10.4. The van der Waals surface area contributed by atoms with E-state index in [0.29, 0.717) is 0 Å². The Morgan fingerprint density at radius 1 is 0.316 bits per heavy atom. The lowest BCUT2D eigenvalue weighted by atomic mass is 9.78. The summed E-state index contributed by atoms with van der Waals surface area (Å²) in [7, 11) is 0. The summed E-state index contributed by atoms with van der Waals surface area (Å²) < 4.78 is 0. The highest BCUT2D eigenvalue weighted by molar-refractivity contribution is 6.00. The molecule has 0 saturated heterocycles. The maximum absolute atomic E-state index is 3.96. The van der Waals surface area contributed by atoms with Gasteiger partial charge in [0.1, 0.15) is 0 Å². The van der Waals surface area contributed by atoms with Crippen LogP contribution in [0.1, 0.15) is 44.5 Å². The van der Waals surface area contributed by atoms with Crippen LogP contribution in [0.2, 0.25) is 0 Å². The highest BCUT2D eigenvalue weighted by Crippen LogP contribution is 2.47. The van der Waals surface area contributed by atoms with Crippen molar-refractivity contribution in [3.8, 4) is 44.5 Å². The van der Waals surface area contributed by atoms with E-state index in [1.807, 2.05) is 0 Å². The minimum Gasteiger partial charge on any atom is -0.0617 e. The average molecular weight is 493 g/mol. The van der Waals surface area contributed by atoms with Crippen molar-refractivity contribution in [3.63, 3.8) is 0 Å². The van der Waals surface area contributed by atoms with Crippen molar-refractivity contribution in [2.75, 3.05) is 0 Å². The van der Waals surface area contributed by atoms with Gasteiger partial charge in [-0.2, -0.15) is 0 Å². The van der Waals surface area contributed by atoms with Gasteiger partial charge in [-0.15, -0.1) is 0 Å². The number of hydrogen-bond acceptors (Lipinski definition) is 0. The molecule has 0 nitrogen and oxygen atoms in total. The molecule has 0 aliphatic rings. The van der Waals surface area contributed by atoms with E-state index in [0.717, 1.165) is 16.7 Å². The first kappa shape index (κ1) is 25.7. The molecular formula is C38H36. The minimum atomic E-state index is 1.03. The van der Waals surface area contributed by atoms with Crippen LogP contribution in [-0.2, 0) is 0 Å². The second-order valence-electron chi connectivity index (χ2n) is 10.8. The van der Waals surface area contributed by atoms with Crippen LogP contribution in [-0.4, -0.2) is 0 Å². The first-order chi connectivity index (χ1) is 18.2.